The highest BCUT2D eigenvalue weighted by molar-refractivity contribution is 5.75. The van der Waals surface area contributed by atoms with Crippen molar-refractivity contribution < 1.29 is 19.4 Å². The first-order valence-electron chi connectivity index (χ1n) is 7.44. The minimum Gasteiger partial charge on any atom is -0.504 e. The number of methoxy groups -OCH3 is 2. The third-order valence-corrected chi connectivity index (χ3v) is 3.55. The van der Waals surface area contributed by atoms with Crippen molar-refractivity contribution in [2.24, 2.45) is 10.2 Å². The zero-order chi connectivity index (χ0) is 17.8. The molecule has 0 bridgehead atoms. The quantitative estimate of drug-likeness (QED) is 0.568. The third kappa shape index (κ3) is 3.27. The van der Waals surface area contributed by atoms with Gasteiger partial charge in [0.2, 0.25) is 0 Å². The Hall–Kier alpha value is -3.42. The number of rotatable bonds is 5. The predicted octanol–water partition coefficient (Wildman–Crippen LogP) is 3.18. The molecule has 8 heteroatoms. The van der Waals surface area contributed by atoms with Gasteiger partial charge >= 0.3 is 5.97 Å². The van der Waals surface area contributed by atoms with E-state index in [9.17, 15) is 9.90 Å². The molecule has 8 nitrogen and oxygen atoms in total. The summed E-state index contributed by atoms with van der Waals surface area (Å²) in [5.74, 6) is 0.420. The average Bonchev–Trinajstić information content (AvgIpc) is 2.98. The molecule has 0 aliphatic carbocycles. The van der Waals surface area contributed by atoms with E-state index in [1.807, 2.05) is 12.1 Å². The van der Waals surface area contributed by atoms with E-state index in [4.69, 9.17) is 9.47 Å². The second-order valence-corrected chi connectivity index (χ2v) is 5.09. The van der Waals surface area contributed by atoms with Crippen molar-refractivity contribution in [2.45, 2.75) is 6.42 Å². The number of imidazole rings is 1. The van der Waals surface area contributed by atoms with Crippen LogP contribution >= 0.6 is 0 Å². The van der Waals surface area contributed by atoms with Crippen molar-refractivity contribution in [1.82, 2.24) is 9.38 Å². The van der Waals surface area contributed by atoms with Crippen molar-refractivity contribution in [1.29, 1.82) is 0 Å². The summed E-state index contributed by atoms with van der Waals surface area (Å²) in [7, 11) is 2.84. The molecule has 0 amide bonds. The van der Waals surface area contributed by atoms with Crippen molar-refractivity contribution in [3.63, 3.8) is 0 Å². The first kappa shape index (κ1) is 16.4. The molecule has 25 heavy (non-hydrogen) atoms. The second kappa shape index (κ2) is 7.00. The topological polar surface area (TPSA) is 97.8 Å². The Morgan fingerprint density at radius 1 is 1.20 bits per heavy atom. The summed E-state index contributed by atoms with van der Waals surface area (Å²) in [5.41, 5.74) is 1.17. The summed E-state index contributed by atoms with van der Waals surface area (Å²) in [4.78, 5) is 15.9. The molecule has 0 saturated carbocycles. The molecule has 0 spiro atoms. The fourth-order valence-electron chi connectivity index (χ4n) is 2.33. The monoisotopic (exact) mass is 340 g/mol. The highest BCUT2D eigenvalue weighted by atomic mass is 16.5. The summed E-state index contributed by atoms with van der Waals surface area (Å²) in [6.07, 6.45) is 1.59. The Bertz CT molecular complexity index is 949. The largest absolute Gasteiger partial charge is 0.504 e. The van der Waals surface area contributed by atoms with Crippen LogP contribution in [0.4, 0.5) is 11.5 Å². The molecule has 0 atom stereocenters. The van der Waals surface area contributed by atoms with Gasteiger partial charge in [0.15, 0.2) is 17.2 Å². The molecule has 0 unspecified atom stereocenters. The Morgan fingerprint density at radius 2 is 2.00 bits per heavy atom. The number of hydrogen-bond donors (Lipinski definition) is 1. The fourth-order valence-corrected chi connectivity index (χ4v) is 2.33. The Morgan fingerprint density at radius 3 is 2.76 bits per heavy atom. The maximum atomic E-state index is 11.6. The lowest BCUT2D eigenvalue weighted by atomic mass is 10.3. The molecule has 0 aliphatic rings. The van der Waals surface area contributed by atoms with Crippen LogP contribution in [0, 0.1) is 0 Å². The van der Waals surface area contributed by atoms with Crippen LogP contribution < -0.4 is 4.74 Å². The molecule has 0 fully saturated rings. The number of ether oxygens (including phenoxy) is 2. The number of nitrogens with zero attached hydrogens (tertiary/aromatic N) is 4. The SMILES string of the molecule is COC(=O)Cc1nc2c(O)cccn2c1N=Nc1ccccc1OC. The molecule has 0 aliphatic heterocycles. The van der Waals surface area contributed by atoms with Crippen molar-refractivity contribution in [3.8, 4) is 11.5 Å². The third-order valence-electron chi connectivity index (χ3n) is 3.55. The Balaban J connectivity index is 2.10. The molecule has 3 rings (SSSR count). The first-order valence-corrected chi connectivity index (χ1v) is 7.44. The molecule has 3 aromatic rings. The number of benzene rings is 1. The number of fused-ring (bicyclic) bond motifs is 1. The smallest absolute Gasteiger partial charge is 0.311 e. The van der Waals surface area contributed by atoms with Gasteiger partial charge in [-0.25, -0.2) is 4.98 Å². The van der Waals surface area contributed by atoms with Gasteiger partial charge in [0.25, 0.3) is 0 Å². The van der Waals surface area contributed by atoms with Gasteiger partial charge in [0.05, 0.1) is 26.3 Å². The maximum absolute atomic E-state index is 11.6. The fraction of sp³-hybridized carbons (Fsp3) is 0.176. The molecular weight excluding hydrogens is 324 g/mol. The maximum Gasteiger partial charge on any atom is 0.311 e. The highest BCUT2D eigenvalue weighted by Gasteiger charge is 2.17. The standard InChI is InChI=1S/C17H16N4O4/c1-24-14-8-4-3-6-11(14)19-20-16-12(10-15(23)25-2)18-17-13(22)7-5-9-21(16)17/h3-9,22H,10H2,1-2H3. The molecular formula is C17H16N4O4. The lowest BCUT2D eigenvalue weighted by molar-refractivity contribution is -0.139. The van der Waals surface area contributed by atoms with E-state index in [0.29, 0.717) is 22.9 Å². The van der Waals surface area contributed by atoms with Gasteiger partial charge in [-0.1, -0.05) is 12.1 Å². The van der Waals surface area contributed by atoms with Crippen LogP contribution in [0.2, 0.25) is 0 Å². The Kier molecular flexibility index (Phi) is 4.60. The minimum absolute atomic E-state index is 0.0210. The predicted molar refractivity (Wildman–Crippen MR) is 89.7 cm³/mol. The molecule has 0 radical (unpaired) electrons. The summed E-state index contributed by atoms with van der Waals surface area (Å²) in [6.45, 7) is 0. The van der Waals surface area contributed by atoms with Crippen LogP contribution in [0.1, 0.15) is 5.69 Å². The zero-order valence-electron chi connectivity index (χ0n) is 13.7. The van der Waals surface area contributed by atoms with Gasteiger partial charge in [-0.2, -0.15) is 0 Å². The van der Waals surface area contributed by atoms with Crippen LogP contribution in [0.5, 0.6) is 11.5 Å². The van der Waals surface area contributed by atoms with Gasteiger partial charge in [0, 0.05) is 6.20 Å². The molecule has 2 aromatic heterocycles. The van der Waals surface area contributed by atoms with Crippen LogP contribution in [0.3, 0.4) is 0 Å². The van der Waals surface area contributed by atoms with Crippen LogP contribution in [0.15, 0.2) is 52.8 Å². The number of carbonyl (C=O) groups excluding carboxylic acids is 1. The summed E-state index contributed by atoms with van der Waals surface area (Å²) < 4.78 is 11.5. The molecule has 0 saturated heterocycles. The normalized spacial score (nSPS) is 11.1. The van der Waals surface area contributed by atoms with E-state index < -0.39 is 5.97 Å². The van der Waals surface area contributed by atoms with E-state index >= 15 is 0 Å². The number of aromatic nitrogens is 2. The van der Waals surface area contributed by atoms with Gasteiger partial charge in [-0.3, -0.25) is 9.20 Å². The molecule has 1 N–H and O–H groups in total. The van der Waals surface area contributed by atoms with E-state index in [0.717, 1.165) is 0 Å². The van der Waals surface area contributed by atoms with Crippen LogP contribution in [0.25, 0.3) is 5.65 Å². The van der Waals surface area contributed by atoms with Crippen molar-refractivity contribution in [3.05, 3.63) is 48.3 Å². The van der Waals surface area contributed by atoms with Gasteiger partial charge in [0.1, 0.15) is 11.4 Å². The lowest BCUT2D eigenvalue weighted by Crippen LogP contribution is -2.04. The van der Waals surface area contributed by atoms with Crippen molar-refractivity contribution >= 4 is 23.1 Å². The summed E-state index contributed by atoms with van der Waals surface area (Å²) >= 11 is 0. The molecule has 1 aromatic carbocycles. The zero-order valence-corrected chi connectivity index (χ0v) is 13.7. The van der Waals surface area contributed by atoms with E-state index in [2.05, 4.69) is 15.2 Å². The number of pyridine rings is 1. The summed E-state index contributed by atoms with van der Waals surface area (Å²) in [6, 6.07) is 10.3. The Labute approximate surface area is 143 Å². The highest BCUT2D eigenvalue weighted by Crippen LogP contribution is 2.31. The lowest BCUT2D eigenvalue weighted by Gasteiger charge is -2.02. The second-order valence-electron chi connectivity index (χ2n) is 5.09. The van der Waals surface area contributed by atoms with Gasteiger partial charge in [-0.15, -0.1) is 10.2 Å². The number of esters is 1. The summed E-state index contributed by atoms with van der Waals surface area (Å²) in [5, 5.41) is 18.4. The van der Waals surface area contributed by atoms with Crippen LogP contribution in [-0.2, 0) is 16.0 Å². The van der Waals surface area contributed by atoms with E-state index in [1.54, 1.807) is 35.9 Å². The minimum atomic E-state index is -0.461. The molecule has 128 valence electrons. The van der Waals surface area contributed by atoms with Crippen LogP contribution in [-0.4, -0.2) is 34.7 Å². The number of para-hydroxylation sites is 1. The number of hydrogen-bond acceptors (Lipinski definition) is 7. The van der Waals surface area contributed by atoms with E-state index in [1.165, 1.54) is 13.2 Å². The molecule has 2 heterocycles. The number of aromatic hydroxyl groups is 1. The van der Waals surface area contributed by atoms with Gasteiger partial charge < -0.3 is 14.6 Å². The number of azo groups is 1. The van der Waals surface area contributed by atoms with Crippen molar-refractivity contribution in [2.75, 3.05) is 14.2 Å². The first-order chi connectivity index (χ1) is 12.1. The average molecular weight is 340 g/mol. The number of carbonyl (C=O) groups is 1. The van der Waals surface area contributed by atoms with Gasteiger partial charge in [-0.05, 0) is 24.3 Å². The van der Waals surface area contributed by atoms with E-state index in [-0.39, 0.29) is 17.8 Å².